The zero-order valence-electron chi connectivity index (χ0n) is 10.2. The first kappa shape index (κ1) is 12.7. The number of halogens is 1. The van der Waals surface area contributed by atoms with E-state index in [1.807, 2.05) is 0 Å². The normalized spacial score (nSPS) is 16.7. The number of pyridine rings is 1. The highest BCUT2D eigenvalue weighted by Gasteiger charge is 2.26. The predicted octanol–water partition coefficient (Wildman–Crippen LogP) is 1.80. The maximum Gasteiger partial charge on any atom is 0.272 e. The van der Waals surface area contributed by atoms with Crippen LogP contribution >= 0.6 is 0 Å². The van der Waals surface area contributed by atoms with E-state index in [4.69, 9.17) is 0 Å². The smallest absolute Gasteiger partial charge is 0.272 e. The standard InChI is InChI=1S/C13H15FN2O2/c1-16(10-3-5-11(17)6-4-10)13(18)12-7-2-9(14)8-15-12/h2,7-8,10H,3-6H2,1H3. The molecule has 5 heteroatoms. The summed E-state index contributed by atoms with van der Waals surface area (Å²) >= 11 is 0. The second-order valence-corrected chi connectivity index (χ2v) is 4.55. The molecule has 18 heavy (non-hydrogen) atoms. The molecule has 96 valence electrons. The van der Waals surface area contributed by atoms with Crippen LogP contribution in [0.4, 0.5) is 4.39 Å². The van der Waals surface area contributed by atoms with Crippen molar-refractivity contribution in [3.05, 3.63) is 29.8 Å². The van der Waals surface area contributed by atoms with Crippen LogP contribution < -0.4 is 0 Å². The molecule has 1 aliphatic carbocycles. The van der Waals surface area contributed by atoms with E-state index in [1.54, 1.807) is 11.9 Å². The SMILES string of the molecule is CN(C(=O)c1ccc(F)cn1)C1CCC(=O)CC1. The maximum absolute atomic E-state index is 12.7. The Kier molecular flexibility index (Phi) is 3.69. The van der Waals surface area contributed by atoms with Crippen molar-refractivity contribution in [3.63, 3.8) is 0 Å². The molecule has 1 aromatic rings. The van der Waals surface area contributed by atoms with E-state index in [0.717, 1.165) is 6.20 Å². The van der Waals surface area contributed by atoms with Crippen LogP contribution in [0.1, 0.15) is 36.2 Å². The monoisotopic (exact) mass is 250 g/mol. The molecule has 1 saturated carbocycles. The van der Waals surface area contributed by atoms with Gasteiger partial charge in [0, 0.05) is 25.9 Å². The lowest BCUT2D eigenvalue weighted by Gasteiger charge is -2.30. The van der Waals surface area contributed by atoms with E-state index in [9.17, 15) is 14.0 Å². The number of carbonyl (C=O) groups excluding carboxylic acids is 2. The fourth-order valence-electron chi connectivity index (χ4n) is 2.16. The lowest BCUT2D eigenvalue weighted by Crippen LogP contribution is -2.39. The average Bonchev–Trinajstić information content (AvgIpc) is 2.39. The van der Waals surface area contributed by atoms with Gasteiger partial charge in [-0.25, -0.2) is 9.37 Å². The molecule has 0 N–H and O–H groups in total. The number of ketones is 1. The van der Waals surface area contributed by atoms with Gasteiger partial charge >= 0.3 is 0 Å². The minimum Gasteiger partial charge on any atom is -0.337 e. The zero-order valence-corrected chi connectivity index (χ0v) is 10.2. The highest BCUT2D eigenvalue weighted by molar-refractivity contribution is 5.92. The summed E-state index contributed by atoms with van der Waals surface area (Å²) in [5, 5.41) is 0. The summed E-state index contributed by atoms with van der Waals surface area (Å²) in [5.41, 5.74) is 0.232. The van der Waals surface area contributed by atoms with Gasteiger partial charge in [-0.05, 0) is 25.0 Å². The Balaban J connectivity index is 2.04. The average molecular weight is 250 g/mol. The fraction of sp³-hybridized carbons (Fsp3) is 0.462. The highest BCUT2D eigenvalue weighted by Crippen LogP contribution is 2.20. The molecular formula is C13H15FN2O2. The van der Waals surface area contributed by atoms with Gasteiger partial charge in [0.25, 0.3) is 5.91 Å². The number of nitrogens with zero attached hydrogens (tertiary/aromatic N) is 2. The molecule has 0 radical (unpaired) electrons. The van der Waals surface area contributed by atoms with Gasteiger partial charge in [-0.15, -0.1) is 0 Å². The molecule has 0 spiro atoms. The minimum atomic E-state index is -0.461. The molecule has 1 heterocycles. The van der Waals surface area contributed by atoms with E-state index >= 15 is 0 Å². The first-order chi connectivity index (χ1) is 8.58. The van der Waals surface area contributed by atoms with Gasteiger partial charge in [0.05, 0.1) is 6.20 Å². The summed E-state index contributed by atoms with van der Waals surface area (Å²) in [6.07, 6.45) is 3.48. The molecule has 2 rings (SSSR count). The van der Waals surface area contributed by atoms with Crippen molar-refractivity contribution >= 4 is 11.7 Å². The van der Waals surface area contributed by atoms with Crippen LogP contribution in [-0.4, -0.2) is 34.7 Å². The van der Waals surface area contributed by atoms with Crippen molar-refractivity contribution in [3.8, 4) is 0 Å². The molecule has 0 saturated heterocycles. The molecule has 0 aliphatic heterocycles. The molecule has 1 aromatic heterocycles. The molecule has 0 bridgehead atoms. The number of amides is 1. The third-order valence-electron chi connectivity index (χ3n) is 3.33. The summed E-state index contributed by atoms with van der Waals surface area (Å²) in [5.74, 6) is -0.432. The Hall–Kier alpha value is -1.78. The molecule has 1 fully saturated rings. The number of rotatable bonds is 2. The van der Waals surface area contributed by atoms with E-state index in [0.29, 0.717) is 25.7 Å². The van der Waals surface area contributed by atoms with Crippen molar-refractivity contribution in [1.82, 2.24) is 9.88 Å². The number of carbonyl (C=O) groups is 2. The van der Waals surface area contributed by atoms with Crippen LogP contribution in [0.3, 0.4) is 0 Å². The summed E-state index contributed by atoms with van der Waals surface area (Å²) in [4.78, 5) is 28.6. The Morgan fingerprint density at radius 2 is 2.06 bits per heavy atom. The minimum absolute atomic E-state index is 0.0713. The Labute approximate surface area is 105 Å². The van der Waals surface area contributed by atoms with Gasteiger partial charge < -0.3 is 4.90 Å². The Bertz CT molecular complexity index is 449. The maximum atomic E-state index is 12.7. The predicted molar refractivity (Wildman–Crippen MR) is 63.6 cm³/mol. The van der Waals surface area contributed by atoms with Gasteiger partial charge in [-0.1, -0.05) is 0 Å². The van der Waals surface area contributed by atoms with Gasteiger partial charge in [-0.2, -0.15) is 0 Å². The third kappa shape index (κ3) is 2.72. The van der Waals surface area contributed by atoms with Crippen LogP contribution in [0.2, 0.25) is 0 Å². The number of Topliss-reactive ketones (excluding diaryl/α,β-unsaturated/α-hetero) is 1. The second kappa shape index (κ2) is 5.25. The quantitative estimate of drug-likeness (QED) is 0.804. The largest absolute Gasteiger partial charge is 0.337 e. The van der Waals surface area contributed by atoms with Gasteiger partial charge in [0.15, 0.2) is 0 Å². The zero-order chi connectivity index (χ0) is 13.1. The summed E-state index contributed by atoms with van der Waals surface area (Å²) < 4.78 is 12.7. The number of hydrogen-bond acceptors (Lipinski definition) is 3. The third-order valence-corrected chi connectivity index (χ3v) is 3.33. The van der Waals surface area contributed by atoms with Crippen molar-refractivity contribution in [2.24, 2.45) is 0 Å². The Morgan fingerprint density at radius 1 is 1.39 bits per heavy atom. The molecule has 0 unspecified atom stereocenters. The van der Waals surface area contributed by atoms with E-state index in [2.05, 4.69) is 4.98 Å². The molecule has 0 aromatic carbocycles. The van der Waals surface area contributed by atoms with Crippen LogP contribution in [-0.2, 0) is 4.79 Å². The molecule has 1 amide bonds. The number of hydrogen-bond donors (Lipinski definition) is 0. The number of aromatic nitrogens is 1. The van der Waals surface area contributed by atoms with Gasteiger partial charge in [0.2, 0.25) is 0 Å². The summed E-state index contributed by atoms with van der Waals surface area (Å²) in [6.45, 7) is 0. The lowest BCUT2D eigenvalue weighted by atomic mass is 9.93. The molecule has 0 atom stereocenters. The van der Waals surface area contributed by atoms with Gasteiger partial charge in [0.1, 0.15) is 17.3 Å². The second-order valence-electron chi connectivity index (χ2n) is 4.55. The molecular weight excluding hydrogens is 235 g/mol. The first-order valence-corrected chi connectivity index (χ1v) is 5.98. The Morgan fingerprint density at radius 3 is 2.61 bits per heavy atom. The van der Waals surface area contributed by atoms with Crippen LogP contribution in [0.25, 0.3) is 0 Å². The van der Waals surface area contributed by atoms with Crippen molar-refractivity contribution < 1.29 is 14.0 Å². The van der Waals surface area contributed by atoms with Crippen LogP contribution in [0, 0.1) is 5.82 Å². The van der Waals surface area contributed by atoms with Crippen LogP contribution in [0.5, 0.6) is 0 Å². The summed E-state index contributed by atoms with van der Waals surface area (Å²) in [7, 11) is 1.70. The van der Waals surface area contributed by atoms with Crippen molar-refractivity contribution in [1.29, 1.82) is 0 Å². The van der Waals surface area contributed by atoms with E-state index in [-0.39, 0.29) is 23.4 Å². The fourth-order valence-corrected chi connectivity index (χ4v) is 2.16. The topological polar surface area (TPSA) is 50.3 Å². The molecule has 1 aliphatic rings. The molecule has 4 nitrogen and oxygen atoms in total. The lowest BCUT2D eigenvalue weighted by molar-refractivity contribution is -0.121. The van der Waals surface area contributed by atoms with Crippen LogP contribution in [0.15, 0.2) is 18.3 Å². The van der Waals surface area contributed by atoms with Gasteiger partial charge in [-0.3, -0.25) is 9.59 Å². The summed E-state index contributed by atoms with van der Waals surface area (Å²) in [6, 6.07) is 2.67. The first-order valence-electron chi connectivity index (χ1n) is 5.98. The highest BCUT2D eigenvalue weighted by atomic mass is 19.1. The van der Waals surface area contributed by atoms with Crippen molar-refractivity contribution in [2.75, 3.05) is 7.05 Å². The van der Waals surface area contributed by atoms with E-state index in [1.165, 1.54) is 12.1 Å². The van der Waals surface area contributed by atoms with E-state index < -0.39 is 5.82 Å². The van der Waals surface area contributed by atoms with Crippen molar-refractivity contribution in [2.45, 2.75) is 31.7 Å².